The Balaban J connectivity index is 1.48. The number of alkyl halides is 3. The van der Waals surface area contributed by atoms with Gasteiger partial charge >= 0.3 is 6.18 Å². The molecule has 1 heterocycles. The molecular weight excluding hydrogens is 463 g/mol. The van der Waals surface area contributed by atoms with Crippen LogP contribution in [0.2, 0.25) is 0 Å². The Morgan fingerprint density at radius 1 is 0.941 bits per heavy atom. The fourth-order valence-corrected chi connectivity index (χ4v) is 3.90. The van der Waals surface area contributed by atoms with Gasteiger partial charge in [0.05, 0.1) is 17.5 Å². The summed E-state index contributed by atoms with van der Waals surface area (Å²) >= 11 is 1.14. The molecule has 0 saturated carbocycles. The van der Waals surface area contributed by atoms with Crippen LogP contribution in [0.3, 0.4) is 0 Å². The van der Waals surface area contributed by atoms with Gasteiger partial charge in [-0.15, -0.1) is 10.2 Å². The molecule has 1 N–H and O–H groups in total. The Morgan fingerprint density at radius 2 is 1.59 bits per heavy atom. The van der Waals surface area contributed by atoms with E-state index in [-0.39, 0.29) is 11.3 Å². The molecule has 172 valence electrons. The van der Waals surface area contributed by atoms with Crippen LogP contribution in [0.4, 0.5) is 13.2 Å². The van der Waals surface area contributed by atoms with E-state index in [9.17, 15) is 18.0 Å². The summed E-state index contributed by atoms with van der Waals surface area (Å²) in [7, 11) is 0. The topological polar surface area (TPSA) is 72.2 Å². The van der Waals surface area contributed by atoms with Crippen LogP contribution in [-0.4, -0.2) is 32.6 Å². The van der Waals surface area contributed by atoms with Crippen molar-refractivity contribution in [2.75, 3.05) is 5.75 Å². The van der Waals surface area contributed by atoms with E-state index in [2.05, 4.69) is 20.7 Å². The Bertz CT molecular complexity index is 1290. The summed E-state index contributed by atoms with van der Waals surface area (Å²) in [5.41, 5.74) is 2.99. The van der Waals surface area contributed by atoms with Crippen molar-refractivity contribution in [3.63, 3.8) is 0 Å². The van der Waals surface area contributed by atoms with Crippen LogP contribution in [-0.2, 0) is 11.0 Å². The summed E-state index contributed by atoms with van der Waals surface area (Å²) in [6.07, 6.45) is -3.54. The predicted octanol–water partition coefficient (Wildman–Crippen LogP) is 5.20. The van der Waals surface area contributed by atoms with E-state index in [1.807, 2.05) is 65.2 Å². The van der Waals surface area contributed by atoms with E-state index in [0.29, 0.717) is 11.0 Å². The van der Waals surface area contributed by atoms with Crippen LogP contribution in [0.25, 0.3) is 17.1 Å². The number of amides is 1. The minimum absolute atomic E-state index is 0.0575. The number of nitrogens with one attached hydrogen (secondary N) is 1. The van der Waals surface area contributed by atoms with Gasteiger partial charge in [0.1, 0.15) is 0 Å². The molecule has 0 bridgehead atoms. The monoisotopic (exact) mass is 481 g/mol. The summed E-state index contributed by atoms with van der Waals surface area (Å²) in [6, 6.07) is 24.0. The molecular formula is C24H18F3N5OS. The molecule has 0 saturated heterocycles. The maximum absolute atomic E-state index is 13.1. The lowest BCUT2D eigenvalue weighted by Crippen LogP contribution is -2.20. The lowest BCUT2D eigenvalue weighted by Gasteiger charge is -2.10. The van der Waals surface area contributed by atoms with E-state index in [4.69, 9.17) is 0 Å². The molecule has 0 atom stereocenters. The van der Waals surface area contributed by atoms with Gasteiger partial charge in [0, 0.05) is 16.8 Å². The largest absolute Gasteiger partial charge is 0.417 e. The van der Waals surface area contributed by atoms with Crippen molar-refractivity contribution in [3.8, 4) is 17.1 Å². The number of benzene rings is 3. The van der Waals surface area contributed by atoms with E-state index in [1.165, 1.54) is 18.2 Å². The van der Waals surface area contributed by atoms with Gasteiger partial charge in [0.25, 0.3) is 5.91 Å². The first kappa shape index (κ1) is 23.2. The number of carbonyl (C=O) groups excluding carboxylic acids is 1. The number of halogens is 3. The van der Waals surface area contributed by atoms with Gasteiger partial charge < -0.3 is 0 Å². The highest BCUT2D eigenvalue weighted by Gasteiger charge is 2.32. The molecule has 1 amide bonds. The minimum atomic E-state index is -4.51. The number of hydrogen-bond donors (Lipinski definition) is 1. The maximum atomic E-state index is 13.1. The number of hydrazone groups is 1. The molecule has 0 aliphatic heterocycles. The van der Waals surface area contributed by atoms with Gasteiger partial charge in [-0.3, -0.25) is 9.36 Å². The lowest BCUT2D eigenvalue weighted by molar-refractivity contribution is -0.137. The number of aromatic nitrogens is 3. The van der Waals surface area contributed by atoms with Crippen LogP contribution in [0.15, 0.2) is 95.2 Å². The molecule has 3 aromatic carbocycles. The van der Waals surface area contributed by atoms with Crippen LogP contribution >= 0.6 is 11.8 Å². The SMILES string of the molecule is O=C(CSc1nnc(-c2ccccc2)n1-c1ccccc1)N/N=C\c1ccccc1C(F)(F)F. The zero-order valence-corrected chi connectivity index (χ0v) is 18.4. The quantitative estimate of drug-likeness (QED) is 0.224. The Hall–Kier alpha value is -3.92. The predicted molar refractivity (Wildman–Crippen MR) is 125 cm³/mol. The second kappa shape index (κ2) is 10.3. The van der Waals surface area contributed by atoms with Crippen molar-refractivity contribution in [1.82, 2.24) is 20.2 Å². The molecule has 4 aromatic rings. The van der Waals surface area contributed by atoms with Gasteiger partial charge in [-0.2, -0.15) is 18.3 Å². The molecule has 0 radical (unpaired) electrons. The fraction of sp³-hybridized carbons (Fsp3) is 0.0833. The molecule has 1 aromatic heterocycles. The lowest BCUT2D eigenvalue weighted by atomic mass is 10.1. The van der Waals surface area contributed by atoms with E-state index < -0.39 is 17.6 Å². The summed E-state index contributed by atoms with van der Waals surface area (Å²) in [5, 5.41) is 12.7. The van der Waals surface area contributed by atoms with Crippen LogP contribution in [0.5, 0.6) is 0 Å². The van der Waals surface area contributed by atoms with E-state index >= 15 is 0 Å². The molecule has 34 heavy (non-hydrogen) atoms. The number of nitrogens with zero attached hydrogens (tertiary/aromatic N) is 4. The van der Waals surface area contributed by atoms with Crippen molar-refractivity contribution in [1.29, 1.82) is 0 Å². The van der Waals surface area contributed by atoms with Crippen LogP contribution in [0.1, 0.15) is 11.1 Å². The molecule has 0 fully saturated rings. The number of hydrogen-bond acceptors (Lipinski definition) is 5. The van der Waals surface area contributed by atoms with Crippen molar-refractivity contribution >= 4 is 23.9 Å². The molecule has 6 nitrogen and oxygen atoms in total. The molecule has 0 spiro atoms. The highest BCUT2D eigenvalue weighted by atomic mass is 32.2. The van der Waals surface area contributed by atoms with Crippen LogP contribution < -0.4 is 5.43 Å². The van der Waals surface area contributed by atoms with Crippen molar-refractivity contribution in [3.05, 3.63) is 96.1 Å². The first-order valence-electron chi connectivity index (χ1n) is 10.1. The number of thioether (sulfide) groups is 1. The first-order valence-corrected chi connectivity index (χ1v) is 11.1. The van der Waals surface area contributed by atoms with Crippen LogP contribution in [0, 0.1) is 0 Å². The highest BCUT2D eigenvalue weighted by Crippen LogP contribution is 2.31. The smallest absolute Gasteiger partial charge is 0.272 e. The Morgan fingerprint density at radius 3 is 2.29 bits per heavy atom. The molecule has 4 rings (SSSR count). The normalized spacial score (nSPS) is 11.6. The summed E-state index contributed by atoms with van der Waals surface area (Å²) in [6.45, 7) is 0. The van der Waals surface area contributed by atoms with Gasteiger partial charge in [0.2, 0.25) is 0 Å². The van der Waals surface area contributed by atoms with Gasteiger partial charge in [-0.1, -0.05) is 78.5 Å². The van der Waals surface area contributed by atoms with Gasteiger partial charge in [0.15, 0.2) is 11.0 Å². The third-order valence-electron chi connectivity index (χ3n) is 4.67. The maximum Gasteiger partial charge on any atom is 0.417 e. The van der Waals surface area contributed by atoms with Gasteiger partial charge in [-0.05, 0) is 18.2 Å². The second-order valence-electron chi connectivity index (χ2n) is 7.01. The number of carbonyl (C=O) groups is 1. The minimum Gasteiger partial charge on any atom is -0.272 e. The summed E-state index contributed by atoms with van der Waals surface area (Å²) in [5.74, 6) is 0.0731. The fourth-order valence-electron chi connectivity index (χ4n) is 3.15. The van der Waals surface area contributed by atoms with Crippen molar-refractivity contribution in [2.45, 2.75) is 11.3 Å². The average molecular weight is 482 g/mol. The number of rotatable bonds is 7. The second-order valence-corrected chi connectivity index (χ2v) is 7.95. The number of para-hydroxylation sites is 1. The van der Waals surface area contributed by atoms with Crippen molar-refractivity contribution in [2.24, 2.45) is 5.10 Å². The summed E-state index contributed by atoms with van der Waals surface area (Å²) < 4.78 is 41.1. The first-order chi connectivity index (χ1) is 16.4. The molecule has 0 aliphatic carbocycles. The Kier molecular flexibility index (Phi) is 7.07. The van der Waals surface area contributed by atoms with Gasteiger partial charge in [-0.25, -0.2) is 5.43 Å². The molecule has 0 unspecified atom stereocenters. The average Bonchev–Trinajstić information content (AvgIpc) is 3.27. The van der Waals surface area contributed by atoms with E-state index in [1.54, 1.807) is 0 Å². The molecule has 0 aliphatic rings. The van der Waals surface area contributed by atoms with Crippen molar-refractivity contribution < 1.29 is 18.0 Å². The third-order valence-corrected chi connectivity index (χ3v) is 5.60. The Labute approximate surface area is 197 Å². The van der Waals surface area contributed by atoms with E-state index in [0.717, 1.165) is 35.3 Å². The molecule has 10 heteroatoms. The zero-order chi connectivity index (χ0) is 24.0. The standard InChI is InChI=1S/C24H18F3N5OS/c25-24(26,27)20-14-8-7-11-18(20)15-28-29-21(33)16-34-23-31-30-22(17-9-3-1-4-10-17)32(23)19-12-5-2-6-13-19/h1-15H,16H2,(H,29,33)/b28-15-. The zero-order valence-electron chi connectivity index (χ0n) is 17.6. The highest BCUT2D eigenvalue weighted by molar-refractivity contribution is 7.99. The summed E-state index contributed by atoms with van der Waals surface area (Å²) in [4.78, 5) is 12.3. The third kappa shape index (κ3) is 5.52.